The number of benzene rings is 1. The quantitative estimate of drug-likeness (QED) is 0.894. The Hall–Kier alpha value is -1.72. The fourth-order valence-electron chi connectivity index (χ4n) is 2.31. The Balaban J connectivity index is 1.83. The minimum absolute atomic E-state index is 0.0561. The fraction of sp³-hybridized carbons (Fsp3) is 0.200. The third kappa shape index (κ3) is 3.14. The van der Waals surface area contributed by atoms with Crippen molar-refractivity contribution in [3.63, 3.8) is 0 Å². The average molecular weight is 321 g/mol. The van der Waals surface area contributed by atoms with Gasteiger partial charge < -0.3 is 10.3 Å². The van der Waals surface area contributed by atoms with Crippen LogP contribution in [0.4, 0.5) is 0 Å². The molecule has 0 saturated carbocycles. The predicted octanol–water partition coefficient (Wildman–Crippen LogP) is 3.00. The Morgan fingerprint density at radius 3 is 2.95 bits per heavy atom. The lowest BCUT2D eigenvalue weighted by molar-refractivity contribution is 0.0934. The largest absolute Gasteiger partial charge is 0.345 e. The van der Waals surface area contributed by atoms with Crippen LogP contribution in [0, 0.1) is 0 Å². The van der Waals surface area contributed by atoms with E-state index in [1.165, 1.54) is 18.3 Å². The smallest absolute Gasteiger partial charge is 0.253 e. The van der Waals surface area contributed by atoms with Gasteiger partial charge in [0.15, 0.2) is 0 Å². The van der Waals surface area contributed by atoms with Gasteiger partial charge >= 0.3 is 0 Å². The lowest BCUT2D eigenvalue weighted by Crippen LogP contribution is -2.31. The first-order valence-electron chi connectivity index (χ1n) is 6.55. The molecule has 2 N–H and O–H groups in total. The number of pyridine rings is 1. The molecule has 1 aliphatic heterocycles. The van der Waals surface area contributed by atoms with Gasteiger partial charge in [0.2, 0.25) is 5.56 Å². The van der Waals surface area contributed by atoms with Crippen LogP contribution < -0.4 is 10.9 Å². The summed E-state index contributed by atoms with van der Waals surface area (Å²) in [6, 6.07) is 8.56. The van der Waals surface area contributed by atoms with E-state index in [2.05, 4.69) is 10.3 Å². The summed E-state index contributed by atoms with van der Waals surface area (Å²) >= 11 is 7.82. The first kappa shape index (κ1) is 14.2. The lowest BCUT2D eigenvalue weighted by atomic mass is 10.0. The fourth-order valence-corrected chi connectivity index (χ4v) is 3.59. The molecule has 1 aliphatic rings. The lowest BCUT2D eigenvalue weighted by Gasteiger charge is -2.26. The SMILES string of the molecule is O=C(NC1CCSc2ccc(Cl)cc21)c1ccc(=O)[nH]c1. The van der Waals surface area contributed by atoms with Crippen LogP contribution in [0.3, 0.4) is 0 Å². The Morgan fingerprint density at radius 2 is 2.19 bits per heavy atom. The molecule has 0 bridgehead atoms. The molecule has 3 rings (SSSR count). The van der Waals surface area contributed by atoms with E-state index in [0.717, 1.165) is 22.6 Å². The van der Waals surface area contributed by atoms with Gasteiger partial charge in [-0.25, -0.2) is 0 Å². The number of aromatic nitrogens is 1. The zero-order valence-corrected chi connectivity index (χ0v) is 12.6. The maximum atomic E-state index is 12.2. The summed E-state index contributed by atoms with van der Waals surface area (Å²) in [4.78, 5) is 26.9. The minimum atomic E-state index is -0.224. The monoisotopic (exact) mass is 320 g/mol. The topological polar surface area (TPSA) is 62.0 Å². The number of amides is 1. The summed E-state index contributed by atoms with van der Waals surface area (Å²) in [6.45, 7) is 0. The van der Waals surface area contributed by atoms with Crippen LogP contribution in [0.1, 0.15) is 28.4 Å². The predicted molar refractivity (Wildman–Crippen MR) is 84.1 cm³/mol. The van der Waals surface area contributed by atoms with E-state index in [4.69, 9.17) is 11.6 Å². The highest BCUT2D eigenvalue weighted by Gasteiger charge is 2.23. The molecule has 1 amide bonds. The molecule has 0 aliphatic carbocycles. The summed E-state index contributed by atoms with van der Waals surface area (Å²) < 4.78 is 0. The molecule has 0 radical (unpaired) electrons. The van der Waals surface area contributed by atoms with Gasteiger partial charge in [-0.2, -0.15) is 0 Å². The van der Waals surface area contributed by atoms with E-state index in [1.54, 1.807) is 11.8 Å². The van der Waals surface area contributed by atoms with Crippen LogP contribution in [0.25, 0.3) is 0 Å². The second-order valence-electron chi connectivity index (χ2n) is 4.79. The molecule has 1 unspecified atom stereocenters. The Labute approximate surface area is 130 Å². The van der Waals surface area contributed by atoms with Crippen molar-refractivity contribution < 1.29 is 4.79 Å². The van der Waals surface area contributed by atoms with E-state index in [9.17, 15) is 9.59 Å². The van der Waals surface area contributed by atoms with Crippen molar-refractivity contribution in [2.75, 3.05) is 5.75 Å². The maximum absolute atomic E-state index is 12.2. The summed E-state index contributed by atoms with van der Waals surface area (Å²) in [5.74, 6) is 0.750. The number of rotatable bonds is 2. The van der Waals surface area contributed by atoms with Crippen molar-refractivity contribution in [2.24, 2.45) is 0 Å². The molecule has 4 nitrogen and oxygen atoms in total. The Kier molecular flexibility index (Phi) is 4.03. The number of H-pyrrole nitrogens is 1. The third-order valence-electron chi connectivity index (χ3n) is 3.36. The van der Waals surface area contributed by atoms with Gasteiger partial charge in [0.05, 0.1) is 11.6 Å². The van der Waals surface area contributed by atoms with Crippen molar-refractivity contribution in [3.8, 4) is 0 Å². The van der Waals surface area contributed by atoms with Crippen LogP contribution in [-0.4, -0.2) is 16.6 Å². The van der Waals surface area contributed by atoms with Crippen molar-refractivity contribution >= 4 is 29.3 Å². The maximum Gasteiger partial charge on any atom is 0.253 e. The zero-order chi connectivity index (χ0) is 14.8. The van der Waals surface area contributed by atoms with Gasteiger partial charge in [0.25, 0.3) is 5.91 Å². The molecule has 108 valence electrons. The number of aromatic amines is 1. The molecule has 0 saturated heterocycles. The average Bonchev–Trinajstić information content (AvgIpc) is 2.48. The second-order valence-corrected chi connectivity index (χ2v) is 6.36. The van der Waals surface area contributed by atoms with E-state index < -0.39 is 0 Å². The van der Waals surface area contributed by atoms with Crippen molar-refractivity contribution in [1.29, 1.82) is 0 Å². The number of fused-ring (bicyclic) bond motifs is 1. The van der Waals surface area contributed by atoms with Gasteiger partial charge in [-0.3, -0.25) is 9.59 Å². The van der Waals surface area contributed by atoms with Crippen molar-refractivity contribution in [1.82, 2.24) is 10.3 Å². The Morgan fingerprint density at radius 1 is 1.33 bits per heavy atom. The molecular formula is C15H13ClN2O2S. The molecule has 6 heteroatoms. The van der Waals surface area contributed by atoms with Crippen LogP contribution in [0.2, 0.25) is 5.02 Å². The highest BCUT2D eigenvalue weighted by Crippen LogP contribution is 2.37. The summed E-state index contributed by atoms with van der Waals surface area (Å²) in [7, 11) is 0. The van der Waals surface area contributed by atoms with Gasteiger partial charge in [-0.15, -0.1) is 11.8 Å². The number of carbonyl (C=O) groups excluding carboxylic acids is 1. The number of hydrogen-bond donors (Lipinski definition) is 2. The number of nitrogens with one attached hydrogen (secondary N) is 2. The number of thioether (sulfide) groups is 1. The summed E-state index contributed by atoms with van der Waals surface area (Å²) in [5.41, 5.74) is 1.27. The molecule has 1 aromatic carbocycles. The molecule has 21 heavy (non-hydrogen) atoms. The molecule has 2 heterocycles. The van der Waals surface area contributed by atoms with Gasteiger partial charge in [0, 0.05) is 27.9 Å². The van der Waals surface area contributed by atoms with E-state index in [0.29, 0.717) is 10.6 Å². The normalized spacial score (nSPS) is 17.1. The van der Waals surface area contributed by atoms with Gasteiger partial charge in [-0.1, -0.05) is 11.6 Å². The molecule has 2 aromatic rings. The van der Waals surface area contributed by atoms with Crippen LogP contribution in [-0.2, 0) is 0 Å². The molecule has 1 aromatic heterocycles. The Bertz CT molecular complexity index is 724. The van der Waals surface area contributed by atoms with E-state index >= 15 is 0 Å². The van der Waals surface area contributed by atoms with Crippen molar-refractivity contribution in [3.05, 3.63) is 63.0 Å². The number of carbonyl (C=O) groups is 1. The third-order valence-corrected chi connectivity index (χ3v) is 4.72. The van der Waals surface area contributed by atoms with Gasteiger partial charge in [0.1, 0.15) is 0 Å². The minimum Gasteiger partial charge on any atom is -0.345 e. The molecular weight excluding hydrogens is 308 g/mol. The van der Waals surface area contributed by atoms with Crippen LogP contribution in [0.15, 0.2) is 46.2 Å². The first-order chi connectivity index (χ1) is 10.1. The second kappa shape index (κ2) is 5.95. The molecule has 0 fully saturated rings. The van der Waals surface area contributed by atoms with E-state index in [1.807, 2.05) is 18.2 Å². The highest BCUT2D eigenvalue weighted by molar-refractivity contribution is 7.99. The first-order valence-corrected chi connectivity index (χ1v) is 7.92. The summed E-state index contributed by atoms with van der Waals surface area (Å²) in [5, 5.41) is 3.67. The van der Waals surface area contributed by atoms with Crippen LogP contribution >= 0.6 is 23.4 Å². The van der Waals surface area contributed by atoms with Crippen LogP contribution in [0.5, 0.6) is 0 Å². The number of hydrogen-bond acceptors (Lipinski definition) is 3. The summed E-state index contributed by atoms with van der Waals surface area (Å²) in [6.07, 6.45) is 2.28. The standard InChI is InChI=1S/C15H13ClN2O2S/c16-10-2-3-13-11(7-10)12(5-6-21-13)18-15(20)9-1-4-14(19)17-8-9/h1-4,7-8,12H,5-6H2,(H,17,19)(H,18,20). The van der Waals surface area contributed by atoms with Gasteiger partial charge in [-0.05, 0) is 36.2 Å². The highest BCUT2D eigenvalue weighted by atomic mass is 35.5. The van der Waals surface area contributed by atoms with E-state index in [-0.39, 0.29) is 17.5 Å². The molecule has 1 atom stereocenters. The van der Waals surface area contributed by atoms with Crippen molar-refractivity contribution in [2.45, 2.75) is 17.4 Å². The zero-order valence-electron chi connectivity index (χ0n) is 11.1. The molecule has 0 spiro atoms. The number of halogens is 1.